The summed E-state index contributed by atoms with van der Waals surface area (Å²) in [5.74, 6) is 0. The zero-order chi connectivity index (χ0) is 30.6. The van der Waals surface area contributed by atoms with Crippen LogP contribution in [-0.2, 0) is 0 Å². The molecule has 9 rings (SSSR count). The first-order chi connectivity index (χ1) is 22.7. The summed E-state index contributed by atoms with van der Waals surface area (Å²) in [4.78, 5) is 0. The number of hydrogen-bond donors (Lipinski definition) is 0. The monoisotopic (exact) mass is 587 g/mol. The fourth-order valence-electron chi connectivity index (χ4n) is 6.71. The van der Waals surface area contributed by atoms with Gasteiger partial charge in [-0.25, -0.2) is 0 Å². The third kappa shape index (κ3) is 4.20. The van der Waals surface area contributed by atoms with Gasteiger partial charge in [-0.15, -0.1) is 0 Å². The van der Waals surface area contributed by atoms with Crippen molar-refractivity contribution >= 4 is 43.9 Å². The van der Waals surface area contributed by atoms with Crippen LogP contribution in [0.3, 0.4) is 0 Å². The molecule has 9 aromatic rings. The minimum atomic E-state index is 0.613. The molecule has 46 heavy (non-hydrogen) atoms. The molecule has 0 amide bonds. The van der Waals surface area contributed by atoms with Crippen LogP contribution in [0, 0.1) is 11.3 Å². The molecule has 0 aliphatic heterocycles. The number of furan rings is 2. The van der Waals surface area contributed by atoms with Crippen LogP contribution in [0.15, 0.2) is 160 Å². The summed E-state index contributed by atoms with van der Waals surface area (Å²) >= 11 is 0. The Hall–Kier alpha value is -6.37. The predicted molar refractivity (Wildman–Crippen MR) is 187 cm³/mol. The standard InChI is InChI=1S/C43H25NO2/c44-26-27-21-32(28-9-5-11-30(23-28)34-15-7-17-38-36-13-1-3-19-40(36)45-42(34)38)25-33(22-27)29-10-6-12-31(24-29)35-16-8-18-39-37-14-2-4-20-41(37)46-43(35)39/h1-25H. The topological polar surface area (TPSA) is 50.1 Å². The molecule has 2 heterocycles. The molecule has 0 spiro atoms. The van der Waals surface area contributed by atoms with Crippen LogP contribution in [0.2, 0.25) is 0 Å². The van der Waals surface area contributed by atoms with Crippen molar-refractivity contribution in [2.45, 2.75) is 0 Å². The Morgan fingerprint density at radius 1 is 0.370 bits per heavy atom. The van der Waals surface area contributed by atoms with E-state index in [1.54, 1.807) is 0 Å². The Morgan fingerprint density at radius 2 is 0.783 bits per heavy atom. The Morgan fingerprint density at radius 3 is 1.28 bits per heavy atom. The number of nitriles is 1. The fraction of sp³-hybridized carbons (Fsp3) is 0. The SMILES string of the molecule is N#Cc1cc(-c2cccc(-c3cccc4c3oc3ccccc34)c2)cc(-c2cccc(-c3cccc4c3oc3ccccc34)c2)c1. The molecule has 0 aliphatic carbocycles. The van der Waals surface area contributed by atoms with E-state index in [2.05, 4.69) is 109 Å². The molecule has 2 aromatic heterocycles. The first kappa shape index (κ1) is 26.1. The summed E-state index contributed by atoms with van der Waals surface area (Å²) in [5, 5.41) is 14.5. The molecule has 3 nitrogen and oxygen atoms in total. The van der Waals surface area contributed by atoms with E-state index in [0.717, 1.165) is 88.4 Å². The molecule has 3 heteroatoms. The van der Waals surface area contributed by atoms with Gasteiger partial charge < -0.3 is 8.83 Å². The molecular formula is C43H25NO2. The Labute approximate surface area is 265 Å². The zero-order valence-electron chi connectivity index (χ0n) is 24.7. The van der Waals surface area contributed by atoms with Crippen molar-refractivity contribution in [3.05, 3.63) is 157 Å². The van der Waals surface area contributed by atoms with Gasteiger partial charge in [0.15, 0.2) is 0 Å². The van der Waals surface area contributed by atoms with Crippen molar-refractivity contribution < 1.29 is 8.83 Å². The lowest BCUT2D eigenvalue weighted by Crippen LogP contribution is -1.88. The minimum Gasteiger partial charge on any atom is -0.455 e. The van der Waals surface area contributed by atoms with Gasteiger partial charge in [0, 0.05) is 32.7 Å². The van der Waals surface area contributed by atoms with Gasteiger partial charge in [0.2, 0.25) is 0 Å². The first-order valence-corrected chi connectivity index (χ1v) is 15.3. The molecule has 0 unspecified atom stereocenters. The van der Waals surface area contributed by atoms with Gasteiger partial charge >= 0.3 is 0 Å². The fourth-order valence-corrected chi connectivity index (χ4v) is 6.71. The second-order valence-corrected chi connectivity index (χ2v) is 11.6. The highest BCUT2D eigenvalue weighted by Gasteiger charge is 2.15. The number of fused-ring (bicyclic) bond motifs is 6. The highest BCUT2D eigenvalue weighted by Crippen LogP contribution is 2.39. The summed E-state index contributed by atoms with van der Waals surface area (Å²) < 4.78 is 12.7. The second kappa shape index (κ2) is 10.4. The molecule has 0 N–H and O–H groups in total. The number of hydrogen-bond acceptors (Lipinski definition) is 3. The zero-order valence-corrected chi connectivity index (χ0v) is 24.7. The van der Waals surface area contributed by atoms with E-state index >= 15 is 0 Å². The Balaban J connectivity index is 1.14. The normalized spacial score (nSPS) is 11.5. The lowest BCUT2D eigenvalue weighted by Gasteiger charge is -2.11. The molecule has 0 aliphatic rings. The number of rotatable bonds is 4. The van der Waals surface area contributed by atoms with Crippen molar-refractivity contribution in [3.8, 4) is 50.6 Å². The summed E-state index contributed by atoms with van der Waals surface area (Å²) in [5.41, 5.74) is 12.4. The number of benzene rings is 7. The maximum Gasteiger partial charge on any atom is 0.143 e. The Bertz CT molecular complexity index is 2490. The summed E-state index contributed by atoms with van der Waals surface area (Å²) in [6.45, 7) is 0. The maximum absolute atomic E-state index is 10.0. The number of nitrogens with zero attached hydrogens (tertiary/aromatic N) is 1. The van der Waals surface area contributed by atoms with Crippen molar-refractivity contribution in [1.82, 2.24) is 0 Å². The lowest BCUT2D eigenvalue weighted by atomic mass is 9.92. The first-order valence-electron chi connectivity index (χ1n) is 15.3. The summed E-state index contributed by atoms with van der Waals surface area (Å²) in [6, 6.07) is 54.3. The van der Waals surface area contributed by atoms with Gasteiger partial charge in [0.05, 0.1) is 11.6 Å². The molecular weight excluding hydrogens is 562 g/mol. The lowest BCUT2D eigenvalue weighted by molar-refractivity contribution is 0.669. The Kier molecular flexibility index (Phi) is 5.88. The van der Waals surface area contributed by atoms with Gasteiger partial charge in [-0.2, -0.15) is 5.26 Å². The average Bonchev–Trinajstić information content (AvgIpc) is 3.70. The molecule has 0 bridgehead atoms. The van der Waals surface area contributed by atoms with E-state index < -0.39 is 0 Å². The van der Waals surface area contributed by atoms with Crippen LogP contribution in [0.25, 0.3) is 88.4 Å². The van der Waals surface area contributed by atoms with Crippen LogP contribution in [0.5, 0.6) is 0 Å². The molecule has 0 fully saturated rings. The molecule has 7 aromatic carbocycles. The van der Waals surface area contributed by atoms with Gasteiger partial charge in [0.25, 0.3) is 0 Å². The molecule has 0 saturated heterocycles. The average molecular weight is 588 g/mol. The molecule has 0 atom stereocenters. The number of para-hydroxylation sites is 4. The van der Waals surface area contributed by atoms with E-state index in [1.807, 2.05) is 48.5 Å². The third-order valence-electron chi connectivity index (χ3n) is 8.88. The molecule has 214 valence electrons. The van der Waals surface area contributed by atoms with Crippen LogP contribution >= 0.6 is 0 Å². The highest BCUT2D eigenvalue weighted by atomic mass is 16.3. The second-order valence-electron chi connectivity index (χ2n) is 11.6. The van der Waals surface area contributed by atoms with Gasteiger partial charge in [-0.05, 0) is 75.8 Å². The highest BCUT2D eigenvalue weighted by molar-refractivity contribution is 6.10. The molecule has 0 saturated carbocycles. The van der Waals surface area contributed by atoms with E-state index in [-0.39, 0.29) is 0 Å². The summed E-state index contributed by atoms with van der Waals surface area (Å²) in [7, 11) is 0. The van der Waals surface area contributed by atoms with E-state index in [4.69, 9.17) is 8.83 Å². The van der Waals surface area contributed by atoms with Crippen LogP contribution < -0.4 is 0 Å². The van der Waals surface area contributed by atoms with Crippen molar-refractivity contribution in [2.24, 2.45) is 0 Å². The van der Waals surface area contributed by atoms with E-state index in [1.165, 1.54) is 0 Å². The third-order valence-corrected chi connectivity index (χ3v) is 8.88. The predicted octanol–water partition coefficient (Wildman–Crippen LogP) is 12.0. The van der Waals surface area contributed by atoms with Crippen LogP contribution in [0.1, 0.15) is 5.56 Å². The van der Waals surface area contributed by atoms with Crippen molar-refractivity contribution in [1.29, 1.82) is 5.26 Å². The minimum absolute atomic E-state index is 0.613. The summed E-state index contributed by atoms with van der Waals surface area (Å²) in [6.07, 6.45) is 0. The van der Waals surface area contributed by atoms with Crippen LogP contribution in [-0.4, -0.2) is 0 Å². The molecule has 0 radical (unpaired) electrons. The van der Waals surface area contributed by atoms with E-state index in [0.29, 0.717) is 5.56 Å². The van der Waals surface area contributed by atoms with E-state index in [9.17, 15) is 5.26 Å². The largest absolute Gasteiger partial charge is 0.455 e. The van der Waals surface area contributed by atoms with Gasteiger partial charge in [0.1, 0.15) is 22.3 Å². The smallest absolute Gasteiger partial charge is 0.143 e. The van der Waals surface area contributed by atoms with Crippen LogP contribution in [0.4, 0.5) is 0 Å². The van der Waals surface area contributed by atoms with Gasteiger partial charge in [-0.1, -0.05) is 109 Å². The van der Waals surface area contributed by atoms with Crippen molar-refractivity contribution in [2.75, 3.05) is 0 Å². The van der Waals surface area contributed by atoms with Gasteiger partial charge in [-0.3, -0.25) is 0 Å². The quantitative estimate of drug-likeness (QED) is 0.206. The van der Waals surface area contributed by atoms with Crippen molar-refractivity contribution in [3.63, 3.8) is 0 Å². The maximum atomic E-state index is 10.0.